The Morgan fingerprint density at radius 2 is 2.00 bits per heavy atom. The monoisotopic (exact) mass is 312 g/mol. The Hall–Kier alpha value is -1.16. The summed E-state index contributed by atoms with van der Waals surface area (Å²) >= 11 is 3.13. The van der Waals surface area contributed by atoms with Crippen molar-refractivity contribution in [3.05, 3.63) is 34.9 Å². The molecule has 0 heterocycles. The van der Waals surface area contributed by atoms with E-state index < -0.39 is 0 Å². The molecule has 1 aromatic rings. The minimum Gasteiger partial charge on any atom is -0.462 e. The summed E-state index contributed by atoms with van der Waals surface area (Å²) < 4.78 is 5.02. The maximum Gasteiger partial charge on any atom is 0.338 e. The molecule has 0 aliphatic carbocycles. The van der Waals surface area contributed by atoms with Crippen LogP contribution in [0.3, 0.4) is 0 Å². The van der Waals surface area contributed by atoms with Gasteiger partial charge in [0.05, 0.1) is 17.5 Å². The highest BCUT2D eigenvalue weighted by Crippen LogP contribution is 2.15. The van der Waals surface area contributed by atoms with E-state index in [4.69, 9.17) is 4.74 Å². The molecule has 1 rings (SSSR count). The van der Waals surface area contributed by atoms with Gasteiger partial charge >= 0.3 is 5.97 Å². The van der Waals surface area contributed by atoms with Crippen molar-refractivity contribution in [3.8, 4) is 0 Å². The minimum atomic E-state index is -0.317. The molecule has 0 aliphatic rings. The van der Waals surface area contributed by atoms with Crippen LogP contribution < -0.4 is 0 Å². The molecule has 0 aromatic heterocycles. The first kappa shape index (κ1) is 14.9. The zero-order chi connectivity index (χ0) is 13.5. The molecule has 0 saturated carbocycles. The van der Waals surface area contributed by atoms with Crippen molar-refractivity contribution in [1.29, 1.82) is 0 Å². The lowest BCUT2D eigenvalue weighted by molar-refractivity contribution is -0.115. The smallest absolute Gasteiger partial charge is 0.338 e. The highest BCUT2D eigenvalue weighted by Gasteiger charge is 2.13. The molecule has 0 amide bonds. The predicted molar refractivity (Wildman–Crippen MR) is 74.3 cm³/mol. The van der Waals surface area contributed by atoms with Gasteiger partial charge in [0.15, 0.2) is 0 Å². The number of carbonyl (C=O) groups is 2. The second-order valence-electron chi connectivity index (χ2n) is 3.91. The zero-order valence-corrected chi connectivity index (χ0v) is 12.2. The van der Waals surface area contributed by atoms with Crippen LogP contribution in [0.25, 0.3) is 0 Å². The number of esters is 1. The summed E-state index contributed by atoms with van der Waals surface area (Å²) in [5.41, 5.74) is 2.36. The number of benzene rings is 1. The quantitative estimate of drug-likeness (QED) is 0.599. The Kier molecular flexibility index (Phi) is 6.05. The maximum atomic E-state index is 11.8. The van der Waals surface area contributed by atoms with Crippen molar-refractivity contribution in [3.63, 3.8) is 0 Å². The third-order valence-corrected chi connectivity index (χ3v) is 3.23. The third kappa shape index (κ3) is 3.95. The number of ketones is 1. The van der Waals surface area contributed by atoms with Gasteiger partial charge in [0.2, 0.25) is 0 Å². The van der Waals surface area contributed by atoms with E-state index in [2.05, 4.69) is 15.9 Å². The van der Waals surface area contributed by atoms with Crippen LogP contribution in [0.2, 0.25) is 0 Å². The Bertz CT molecular complexity index is 441. The Morgan fingerprint density at radius 1 is 1.28 bits per heavy atom. The minimum absolute atomic E-state index is 0.0917. The normalized spacial score (nSPS) is 10.2. The topological polar surface area (TPSA) is 43.4 Å². The molecular formula is C14H17BrO3. The van der Waals surface area contributed by atoms with E-state index >= 15 is 0 Å². The molecule has 0 radical (unpaired) electrons. The number of hydrogen-bond acceptors (Lipinski definition) is 3. The van der Waals surface area contributed by atoms with Gasteiger partial charge < -0.3 is 4.74 Å². The number of rotatable bonds is 6. The summed E-state index contributed by atoms with van der Waals surface area (Å²) in [6, 6.07) is 5.54. The van der Waals surface area contributed by atoms with Gasteiger partial charge in [-0.3, -0.25) is 4.79 Å². The molecule has 0 spiro atoms. The van der Waals surface area contributed by atoms with Crippen molar-refractivity contribution in [2.45, 2.75) is 26.7 Å². The zero-order valence-electron chi connectivity index (χ0n) is 10.7. The highest BCUT2D eigenvalue weighted by molar-refractivity contribution is 9.09. The van der Waals surface area contributed by atoms with Crippen molar-refractivity contribution in [2.75, 3.05) is 11.9 Å². The molecule has 0 atom stereocenters. The van der Waals surface area contributed by atoms with Gasteiger partial charge in [-0.1, -0.05) is 35.0 Å². The summed E-state index contributed by atoms with van der Waals surface area (Å²) in [5.74, 6) is -0.225. The van der Waals surface area contributed by atoms with Crippen LogP contribution >= 0.6 is 15.9 Å². The van der Waals surface area contributed by atoms with Crippen LogP contribution in [0.1, 0.15) is 35.3 Å². The van der Waals surface area contributed by atoms with Gasteiger partial charge in [0.25, 0.3) is 0 Å². The average Bonchev–Trinajstić information content (AvgIpc) is 2.38. The molecule has 1 aromatic carbocycles. The second kappa shape index (κ2) is 7.31. The van der Waals surface area contributed by atoms with E-state index in [0.717, 1.165) is 17.5 Å². The van der Waals surface area contributed by atoms with Crippen LogP contribution in [0.4, 0.5) is 0 Å². The van der Waals surface area contributed by atoms with Gasteiger partial charge in [-0.25, -0.2) is 4.79 Å². The summed E-state index contributed by atoms with van der Waals surface area (Å²) in [5, 5.41) is 0.331. The van der Waals surface area contributed by atoms with E-state index in [0.29, 0.717) is 23.9 Å². The van der Waals surface area contributed by atoms with Crippen molar-refractivity contribution in [1.82, 2.24) is 0 Å². The van der Waals surface area contributed by atoms with Gasteiger partial charge in [-0.15, -0.1) is 0 Å². The molecule has 18 heavy (non-hydrogen) atoms. The molecule has 0 saturated heterocycles. The summed E-state index contributed by atoms with van der Waals surface area (Å²) in [6.07, 6.45) is 1.10. The van der Waals surface area contributed by atoms with Crippen LogP contribution in [-0.2, 0) is 22.4 Å². The van der Waals surface area contributed by atoms with Crippen LogP contribution in [0.5, 0.6) is 0 Å². The molecule has 0 bridgehead atoms. The average molecular weight is 313 g/mol. The Labute approximate surface area is 116 Å². The molecule has 0 unspecified atom stereocenters. The van der Waals surface area contributed by atoms with Gasteiger partial charge in [0.1, 0.15) is 5.78 Å². The number of aryl methyl sites for hydroxylation is 1. The number of carbonyl (C=O) groups excluding carboxylic acids is 2. The van der Waals surface area contributed by atoms with E-state index in [1.807, 2.05) is 19.1 Å². The summed E-state index contributed by atoms with van der Waals surface area (Å²) in [7, 11) is 0. The maximum absolute atomic E-state index is 11.8. The van der Waals surface area contributed by atoms with E-state index in [-0.39, 0.29) is 11.8 Å². The highest BCUT2D eigenvalue weighted by atomic mass is 79.9. The van der Waals surface area contributed by atoms with Crippen LogP contribution in [0, 0.1) is 0 Å². The van der Waals surface area contributed by atoms with Gasteiger partial charge in [-0.2, -0.15) is 0 Å². The van der Waals surface area contributed by atoms with E-state index in [9.17, 15) is 9.59 Å². The van der Waals surface area contributed by atoms with Gasteiger partial charge in [0, 0.05) is 6.42 Å². The van der Waals surface area contributed by atoms with Crippen LogP contribution in [-0.4, -0.2) is 23.7 Å². The fourth-order valence-corrected chi connectivity index (χ4v) is 1.91. The van der Waals surface area contributed by atoms with Crippen molar-refractivity contribution in [2.24, 2.45) is 0 Å². The van der Waals surface area contributed by atoms with E-state index in [1.54, 1.807) is 13.0 Å². The summed E-state index contributed by atoms with van der Waals surface area (Å²) in [4.78, 5) is 23.2. The Morgan fingerprint density at radius 3 is 2.56 bits per heavy atom. The van der Waals surface area contributed by atoms with E-state index in [1.165, 1.54) is 0 Å². The first-order chi connectivity index (χ1) is 8.62. The lowest BCUT2D eigenvalue weighted by Gasteiger charge is -2.09. The fraction of sp³-hybridized carbons (Fsp3) is 0.429. The lowest BCUT2D eigenvalue weighted by atomic mass is 9.99. The first-order valence-corrected chi connectivity index (χ1v) is 7.11. The molecule has 0 aliphatic heterocycles. The molecular weight excluding hydrogens is 296 g/mol. The molecule has 3 nitrogen and oxygen atoms in total. The Balaban J connectivity index is 3.01. The molecule has 0 fully saturated rings. The largest absolute Gasteiger partial charge is 0.462 e. The molecule has 98 valence electrons. The SMILES string of the molecule is CCOC(=O)c1cc(CC(=O)CBr)ccc1CC. The second-order valence-corrected chi connectivity index (χ2v) is 4.48. The predicted octanol–water partition coefficient (Wildman–Crippen LogP) is 2.93. The lowest BCUT2D eigenvalue weighted by Crippen LogP contribution is -2.10. The van der Waals surface area contributed by atoms with Crippen molar-refractivity contribution >= 4 is 27.7 Å². The number of ether oxygens (including phenoxy) is 1. The number of halogens is 1. The third-order valence-electron chi connectivity index (χ3n) is 2.60. The molecule has 4 heteroatoms. The fourth-order valence-electron chi connectivity index (χ4n) is 1.72. The number of alkyl halides is 1. The number of hydrogen-bond donors (Lipinski definition) is 0. The summed E-state index contributed by atoms with van der Waals surface area (Å²) in [6.45, 7) is 4.12. The first-order valence-electron chi connectivity index (χ1n) is 5.98. The standard InChI is InChI=1S/C14H17BrO3/c1-3-11-6-5-10(7-12(16)9-15)8-13(11)14(17)18-4-2/h5-6,8H,3-4,7,9H2,1-2H3. The van der Waals surface area contributed by atoms with Crippen molar-refractivity contribution < 1.29 is 14.3 Å². The van der Waals surface area contributed by atoms with Crippen LogP contribution in [0.15, 0.2) is 18.2 Å². The molecule has 0 N–H and O–H groups in total. The van der Waals surface area contributed by atoms with Gasteiger partial charge in [-0.05, 0) is 30.5 Å². The number of Topliss-reactive ketones (excluding diaryl/α,β-unsaturated/α-hetero) is 1.